The van der Waals surface area contributed by atoms with Crippen molar-refractivity contribution in [3.05, 3.63) is 71.1 Å². The number of hydrogen-bond acceptors (Lipinski definition) is 9. The number of nitrogens with zero attached hydrogens (tertiary/aromatic N) is 6. The van der Waals surface area contributed by atoms with Crippen molar-refractivity contribution in [2.75, 3.05) is 43.9 Å². The number of methoxy groups -OCH3 is 1. The normalized spacial score (nSPS) is 20.7. The number of benzene rings is 2. The molecule has 2 N–H and O–H groups in total. The summed E-state index contributed by atoms with van der Waals surface area (Å²) < 4.78 is 93.0. The molecule has 15 heteroatoms. The Bertz CT molecular complexity index is 2130. The zero-order chi connectivity index (χ0) is 36.0. The summed E-state index contributed by atoms with van der Waals surface area (Å²) in [6.45, 7) is 2.73. The molecule has 3 saturated heterocycles. The van der Waals surface area contributed by atoms with E-state index in [4.69, 9.17) is 10.5 Å². The van der Waals surface area contributed by atoms with Gasteiger partial charge < -0.3 is 15.4 Å². The van der Waals surface area contributed by atoms with Crippen LogP contribution in [0, 0.1) is 23.0 Å². The monoisotopic (exact) mass is 725 g/mol. The highest BCUT2D eigenvalue weighted by atomic mass is 32.1. The molecular weight excluding hydrogens is 692 g/mol. The van der Waals surface area contributed by atoms with Gasteiger partial charge in [-0.25, -0.2) is 13.2 Å². The van der Waals surface area contributed by atoms with E-state index in [1.54, 1.807) is 17.3 Å². The number of pyridine rings is 1. The molecule has 0 aliphatic carbocycles. The van der Waals surface area contributed by atoms with E-state index in [2.05, 4.69) is 19.9 Å². The molecule has 3 atom stereocenters. The maximum absolute atomic E-state index is 16.5. The van der Waals surface area contributed by atoms with Crippen molar-refractivity contribution in [2.45, 2.75) is 56.4 Å². The number of alkyl halides is 4. The second-order valence-corrected chi connectivity index (χ2v) is 14.0. The van der Waals surface area contributed by atoms with Crippen LogP contribution in [0.3, 0.4) is 0 Å². The van der Waals surface area contributed by atoms with Gasteiger partial charge >= 0.3 is 12.2 Å². The quantitative estimate of drug-likeness (QED) is 0.185. The minimum atomic E-state index is -5.03. The van der Waals surface area contributed by atoms with Crippen LogP contribution in [-0.4, -0.2) is 65.4 Å². The lowest BCUT2D eigenvalue weighted by Gasteiger charge is -2.34. The minimum Gasteiger partial charge on any atom is -0.467 e. The van der Waals surface area contributed by atoms with Crippen LogP contribution in [0.15, 0.2) is 42.7 Å². The summed E-state index contributed by atoms with van der Waals surface area (Å²) in [6, 6.07) is 8.71. The number of hydrogen-bond donors (Lipinski definition) is 1. The van der Waals surface area contributed by atoms with Crippen molar-refractivity contribution in [3.8, 4) is 23.2 Å². The van der Waals surface area contributed by atoms with E-state index in [9.17, 15) is 27.2 Å². The average molecular weight is 726 g/mol. The lowest BCUT2D eigenvalue weighted by atomic mass is 9.90. The lowest BCUT2D eigenvalue weighted by molar-refractivity contribution is -0.137. The van der Waals surface area contributed by atoms with Gasteiger partial charge in [0, 0.05) is 60.3 Å². The molecule has 0 saturated carbocycles. The number of rotatable bonds is 4. The van der Waals surface area contributed by atoms with Gasteiger partial charge in [-0.1, -0.05) is 12.1 Å². The van der Waals surface area contributed by atoms with Crippen molar-refractivity contribution in [1.82, 2.24) is 19.9 Å². The molecule has 3 fully saturated rings. The number of aromatic nitrogens is 3. The van der Waals surface area contributed by atoms with E-state index >= 15 is 4.39 Å². The summed E-state index contributed by atoms with van der Waals surface area (Å²) in [5, 5.41) is 9.25. The first kappa shape index (κ1) is 34.8. The van der Waals surface area contributed by atoms with E-state index in [1.165, 1.54) is 20.0 Å². The van der Waals surface area contributed by atoms with E-state index in [0.717, 1.165) is 43.1 Å². The van der Waals surface area contributed by atoms with Gasteiger partial charge in [0.05, 0.1) is 22.9 Å². The van der Waals surface area contributed by atoms with Crippen LogP contribution in [0.5, 0.6) is 6.01 Å². The Morgan fingerprint density at radius 3 is 2.59 bits per heavy atom. The van der Waals surface area contributed by atoms with Gasteiger partial charge in [0.2, 0.25) is 0 Å². The fourth-order valence-corrected chi connectivity index (χ4v) is 8.55. The number of fused-ring (bicyclic) bond motifs is 3. The third kappa shape index (κ3) is 6.51. The molecule has 266 valence electrons. The fourth-order valence-electron chi connectivity index (χ4n) is 7.60. The van der Waals surface area contributed by atoms with E-state index in [1.807, 2.05) is 18.2 Å². The van der Waals surface area contributed by atoms with E-state index < -0.39 is 40.6 Å². The number of piperidine rings is 1. The van der Waals surface area contributed by atoms with Gasteiger partial charge in [-0.15, -0.1) is 11.3 Å². The van der Waals surface area contributed by atoms with Crippen molar-refractivity contribution >= 4 is 43.1 Å². The maximum atomic E-state index is 16.5. The Morgan fingerprint density at radius 1 is 1.08 bits per heavy atom. The zero-order valence-electron chi connectivity index (χ0n) is 27.5. The standard InChI is InChI=1S/C29H21F5N6OS.C7H12FN/c1-41-28-38-24-17(27(39-28)40-9-3-5-15(13-40)14-4-2-8-37-12-14)10-19(29(32,33)34)22(23(24)31)16-6-7-20(30)25-21(16)18(11-35)26(36)42-25;8-6-4-7-2-1-3-9(7)5-6/h2,4,6-8,10,12,15H,3,5,9,13,36H2,1H3;6-7H,1-5H2. The summed E-state index contributed by atoms with van der Waals surface area (Å²) in [5.41, 5.74) is 3.73. The predicted molar refractivity (Wildman–Crippen MR) is 183 cm³/mol. The van der Waals surface area contributed by atoms with Crippen molar-refractivity contribution < 1.29 is 31.1 Å². The van der Waals surface area contributed by atoms with Crippen LogP contribution in [0.25, 0.3) is 32.1 Å². The summed E-state index contributed by atoms with van der Waals surface area (Å²) >= 11 is 0.707. The van der Waals surface area contributed by atoms with Gasteiger partial charge in [-0.2, -0.15) is 28.4 Å². The van der Waals surface area contributed by atoms with E-state index in [0.29, 0.717) is 43.4 Å². The Balaban J connectivity index is 0.000000389. The molecule has 51 heavy (non-hydrogen) atoms. The summed E-state index contributed by atoms with van der Waals surface area (Å²) in [4.78, 5) is 16.7. The predicted octanol–water partition coefficient (Wildman–Crippen LogP) is 8.24. The molecule has 3 aromatic heterocycles. The molecule has 0 amide bonds. The first-order valence-corrected chi connectivity index (χ1v) is 17.4. The first-order chi connectivity index (χ1) is 24.5. The molecule has 2 aromatic carbocycles. The molecular formula is C36H33F6N7OS. The molecule has 3 aliphatic rings. The number of nitriles is 1. The third-order valence-corrected chi connectivity index (χ3v) is 10.9. The van der Waals surface area contributed by atoms with Crippen LogP contribution < -0.4 is 15.4 Å². The highest BCUT2D eigenvalue weighted by molar-refractivity contribution is 7.23. The SMILES string of the molecule is COc1nc(N2CCCC(c3cccnc3)C2)c2cc(C(F)(F)F)c(-c3ccc(F)c4sc(N)c(C#N)c34)c(F)c2n1.FC1CC2CCCN2C1. The van der Waals surface area contributed by atoms with Gasteiger partial charge in [0.25, 0.3) is 0 Å². The van der Waals surface area contributed by atoms with Crippen molar-refractivity contribution in [3.63, 3.8) is 0 Å². The van der Waals surface area contributed by atoms with Gasteiger partial charge in [0.15, 0.2) is 5.82 Å². The Morgan fingerprint density at radius 2 is 1.88 bits per heavy atom. The number of thiophene rings is 1. The number of halogens is 6. The minimum absolute atomic E-state index is 0.0237. The molecule has 0 bridgehead atoms. The lowest BCUT2D eigenvalue weighted by Crippen LogP contribution is -2.35. The molecule has 3 unspecified atom stereocenters. The van der Waals surface area contributed by atoms with Crippen LogP contribution >= 0.6 is 11.3 Å². The Hall–Kier alpha value is -4.68. The van der Waals surface area contributed by atoms with Crippen molar-refractivity contribution in [2.24, 2.45) is 0 Å². The molecule has 0 radical (unpaired) electrons. The van der Waals surface area contributed by atoms with Crippen LogP contribution in [0.2, 0.25) is 0 Å². The molecule has 0 spiro atoms. The van der Waals surface area contributed by atoms with E-state index in [-0.39, 0.29) is 49.3 Å². The highest BCUT2D eigenvalue weighted by Gasteiger charge is 2.39. The summed E-state index contributed by atoms with van der Waals surface area (Å²) in [7, 11) is 1.28. The Kier molecular flexibility index (Phi) is 9.40. The fraction of sp³-hybridized carbons (Fsp3) is 0.389. The number of nitrogen functional groups attached to an aromatic ring is 1. The molecule has 6 heterocycles. The average Bonchev–Trinajstić information content (AvgIpc) is 3.81. The number of anilines is 2. The van der Waals surface area contributed by atoms with Gasteiger partial charge in [-0.05, 0) is 68.0 Å². The maximum Gasteiger partial charge on any atom is 0.417 e. The largest absolute Gasteiger partial charge is 0.467 e. The summed E-state index contributed by atoms with van der Waals surface area (Å²) in [5.74, 6) is -1.97. The van der Waals surface area contributed by atoms with Gasteiger partial charge in [0.1, 0.15) is 34.4 Å². The topological polar surface area (TPSA) is 104 Å². The Labute approximate surface area is 293 Å². The number of nitrogens with two attached hydrogens (primary N) is 1. The summed E-state index contributed by atoms with van der Waals surface area (Å²) in [6.07, 6.45) is 2.73. The van der Waals surface area contributed by atoms with Crippen LogP contribution in [0.1, 0.15) is 54.7 Å². The molecule has 5 aromatic rings. The zero-order valence-corrected chi connectivity index (χ0v) is 28.3. The first-order valence-electron chi connectivity index (χ1n) is 16.6. The second-order valence-electron chi connectivity index (χ2n) is 13.0. The van der Waals surface area contributed by atoms with Crippen LogP contribution in [0.4, 0.5) is 37.2 Å². The van der Waals surface area contributed by atoms with Gasteiger partial charge in [-0.3, -0.25) is 9.88 Å². The molecule has 8 nitrogen and oxygen atoms in total. The third-order valence-electron chi connectivity index (χ3n) is 9.91. The van der Waals surface area contributed by atoms with Crippen molar-refractivity contribution in [1.29, 1.82) is 5.26 Å². The number of ether oxygens (including phenoxy) is 1. The second kappa shape index (κ2) is 13.8. The highest BCUT2D eigenvalue weighted by Crippen LogP contribution is 2.48. The van der Waals surface area contributed by atoms with Crippen LogP contribution in [-0.2, 0) is 6.18 Å². The molecule has 8 rings (SSSR count). The molecule has 3 aliphatic heterocycles. The smallest absolute Gasteiger partial charge is 0.417 e.